The van der Waals surface area contributed by atoms with E-state index in [1.54, 1.807) is 19.2 Å². The molecule has 0 spiro atoms. The van der Waals surface area contributed by atoms with E-state index in [2.05, 4.69) is 6.92 Å². The molecule has 0 saturated carbocycles. The molecule has 0 aromatic heterocycles. The Morgan fingerprint density at radius 3 is 2.62 bits per heavy atom. The van der Waals surface area contributed by atoms with Gasteiger partial charge >= 0.3 is 0 Å². The summed E-state index contributed by atoms with van der Waals surface area (Å²) < 4.78 is 5.43. The third-order valence-electron chi connectivity index (χ3n) is 3.83. The summed E-state index contributed by atoms with van der Waals surface area (Å²) in [5, 5.41) is 11.0. The summed E-state index contributed by atoms with van der Waals surface area (Å²) in [5.41, 5.74) is 5.42. The number of hydrogen-bond donors (Lipinski definition) is 0. The zero-order chi connectivity index (χ0) is 15.0. The van der Waals surface area contributed by atoms with Crippen LogP contribution in [0.5, 0.6) is 5.75 Å². The van der Waals surface area contributed by atoms with Gasteiger partial charge in [-0.05, 0) is 36.1 Å². The molecule has 0 heterocycles. The van der Waals surface area contributed by atoms with Gasteiger partial charge in [-0.2, -0.15) is 0 Å². The minimum Gasteiger partial charge on any atom is -0.496 e. The van der Waals surface area contributed by atoms with Crippen LogP contribution in [0.2, 0.25) is 0 Å². The molecule has 3 rings (SSSR count). The highest BCUT2D eigenvalue weighted by Crippen LogP contribution is 2.41. The van der Waals surface area contributed by atoms with Crippen LogP contribution in [0.1, 0.15) is 23.6 Å². The summed E-state index contributed by atoms with van der Waals surface area (Å²) in [6, 6.07) is 12.8. The lowest BCUT2D eigenvalue weighted by Gasteiger charge is -2.12. The zero-order valence-corrected chi connectivity index (χ0v) is 11.9. The van der Waals surface area contributed by atoms with Crippen LogP contribution in [0.25, 0.3) is 5.57 Å². The van der Waals surface area contributed by atoms with E-state index < -0.39 is 0 Å². The summed E-state index contributed by atoms with van der Waals surface area (Å²) >= 11 is 0. The van der Waals surface area contributed by atoms with Crippen LogP contribution >= 0.6 is 0 Å². The van der Waals surface area contributed by atoms with Crippen LogP contribution in [0.3, 0.4) is 0 Å². The SMILES string of the molecule is COc1ccccc1C1=C(C)Cc2ccc([N+](=O)[O-])cc21. The van der Waals surface area contributed by atoms with Gasteiger partial charge in [0.05, 0.1) is 12.0 Å². The molecule has 0 unspecified atom stereocenters. The standard InChI is InChI=1S/C17H15NO3/c1-11-9-12-7-8-13(18(19)20)10-15(12)17(11)14-5-3-4-6-16(14)21-2/h3-8,10H,9H2,1-2H3. The molecule has 2 aromatic rings. The normalized spacial score (nSPS) is 13.2. The highest BCUT2D eigenvalue weighted by Gasteiger charge is 2.24. The third-order valence-corrected chi connectivity index (χ3v) is 3.83. The largest absolute Gasteiger partial charge is 0.496 e. The molecule has 21 heavy (non-hydrogen) atoms. The van der Waals surface area contributed by atoms with Crippen molar-refractivity contribution in [3.05, 3.63) is 74.8 Å². The lowest BCUT2D eigenvalue weighted by Crippen LogP contribution is -1.95. The van der Waals surface area contributed by atoms with Crippen molar-refractivity contribution >= 4 is 11.3 Å². The van der Waals surface area contributed by atoms with Gasteiger partial charge in [0.25, 0.3) is 5.69 Å². The molecule has 0 saturated heterocycles. The second-order valence-electron chi connectivity index (χ2n) is 5.13. The number of benzene rings is 2. The van der Waals surface area contributed by atoms with Gasteiger partial charge in [0.1, 0.15) is 5.75 Å². The van der Waals surface area contributed by atoms with Gasteiger partial charge in [0, 0.05) is 17.7 Å². The van der Waals surface area contributed by atoms with Crippen LogP contribution in [-0.2, 0) is 6.42 Å². The Labute approximate surface area is 122 Å². The molecule has 0 atom stereocenters. The highest BCUT2D eigenvalue weighted by atomic mass is 16.6. The van der Waals surface area contributed by atoms with Gasteiger partial charge in [-0.1, -0.05) is 29.8 Å². The molecular formula is C17H15NO3. The maximum absolute atomic E-state index is 11.0. The number of nitro groups is 1. The topological polar surface area (TPSA) is 52.4 Å². The Balaban J connectivity index is 2.20. The Hall–Kier alpha value is -2.62. The second-order valence-corrected chi connectivity index (χ2v) is 5.13. The summed E-state index contributed by atoms with van der Waals surface area (Å²) in [6.07, 6.45) is 0.820. The molecule has 0 aliphatic heterocycles. The van der Waals surface area contributed by atoms with Gasteiger partial charge in [-0.3, -0.25) is 10.1 Å². The molecule has 1 aliphatic carbocycles. The maximum atomic E-state index is 11.0. The molecule has 1 aliphatic rings. The number of nitrogens with zero attached hydrogens (tertiary/aromatic N) is 1. The van der Waals surface area contributed by atoms with Crippen LogP contribution < -0.4 is 4.74 Å². The van der Waals surface area contributed by atoms with Crippen molar-refractivity contribution < 1.29 is 9.66 Å². The number of nitro benzene ring substituents is 1. The molecule has 0 bridgehead atoms. The van der Waals surface area contributed by atoms with Crippen LogP contribution in [0.15, 0.2) is 48.0 Å². The first-order valence-electron chi connectivity index (χ1n) is 6.72. The van der Waals surface area contributed by atoms with Gasteiger partial charge < -0.3 is 4.74 Å². The first kappa shape index (κ1) is 13.4. The van der Waals surface area contributed by atoms with Crippen molar-refractivity contribution in [2.75, 3.05) is 7.11 Å². The number of ether oxygens (including phenoxy) is 1. The van der Waals surface area contributed by atoms with Crippen molar-refractivity contribution in [1.29, 1.82) is 0 Å². The second kappa shape index (κ2) is 5.05. The van der Waals surface area contributed by atoms with Crippen molar-refractivity contribution in [3.8, 4) is 5.75 Å². The number of para-hydroxylation sites is 1. The fraction of sp³-hybridized carbons (Fsp3) is 0.176. The number of methoxy groups -OCH3 is 1. The van der Waals surface area contributed by atoms with E-state index in [1.165, 1.54) is 5.57 Å². The molecule has 106 valence electrons. The summed E-state index contributed by atoms with van der Waals surface area (Å²) in [5.74, 6) is 0.784. The average molecular weight is 281 g/mol. The van der Waals surface area contributed by atoms with Crippen LogP contribution in [-0.4, -0.2) is 12.0 Å². The Bertz CT molecular complexity index is 762. The smallest absolute Gasteiger partial charge is 0.270 e. The van der Waals surface area contributed by atoms with Gasteiger partial charge in [-0.15, -0.1) is 0 Å². The van der Waals surface area contributed by atoms with Crippen LogP contribution in [0, 0.1) is 10.1 Å². The minimum atomic E-state index is -0.353. The predicted molar refractivity (Wildman–Crippen MR) is 81.5 cm³/mol. The minimum absolute atomic E-state index is 0.121. The molecule has 4 nitrogen and oxygen atoms in total. The number of hydrogen-bond acceptors (Lipinski definition) is 3. The van der Waals surface area contributed by atoms with Crippen molar-refractivity contribution in [3.63, 3.8) is 0 Å². The quantitative estimate of drug-likeness (QED) is 0.631. The lowest BCUT2D eigenvalue weighted by molar-refractivity contribution is -0.384. The van der Waals surface area contributed by atoms with Gasteiger partial charge in [-0.25, -0.2) is 0 Å². The first-order chi connectivity index (χ1) is 10.1. The first-order valence-corrected chi connectivity index (χ1v) is 6.72. The molecule has 4 heteroatoms. The molecular weight excluding hydrogens is 266 g/mol. The van der Waals surface area contributed by atoms with E-state index in [9.17, 15) is 10.1 Å². The van der Waals surface area contributed by atoms with E-state index in [-0.39, 0.29) is 10.6 Å². The molecule has 0 amide bonds. The van der Waals surface area contributed by atoms with E-state index in [4.69, 9.17) is 4.74 Å². The zero-order valence-electron chi connectivity index (χ0n) is 11.9. The Kier molecular flexibility index (Phi) is 3.22. The molecule has 0 N–H and O–H groups in total. The summed E-state index contributed by atoms with van der Waals surface area (Å²) in [7, 11) is 1.64. The highest BCUT2D eigenvalue weighted by molar-refractivity contribution is 5.89. The maximum Gasteiger partial charge on any atom is 0.270 e. The lowest BCUT2D eigenvalue weighted by atomic mass is 9.96. The molecule has 2 aromatic carbocycles. The van der Waals surface area contributed by atoms with Gasteiger partial charge in [0.2, 0.25) is 0 Å². The van der Waals surface area contributed by atoms with E-state index in [0.29, 0.717) is 0 Å². The van der Waals surface area contributed by atoms with Crippen molar-refractivity contribution in [2.24, 2.45) is 0 Å². The van der Waals surface area contributed by atoms with Crippen LogP contribution in [0.4, 0.5) is 5.69 Å². The number of rotatable bonds is 3. The Morgan fingerprint density at radius 1 is 1.14 bits per heavy atom. The summed E-state index contributed by atoms with van der Waals surface area (Å²) in [4.78, 5) is 10.7. The number of fused-ring (bicyclic) bond motifs is 1. The fourth-order valence-corrected chi connectivity index (χ4v) is 2.89. The van der Waals surface area contributed by atoms with E-state index >= 15 is 0 Å². The van der Waals surface area contributed by atoms with Gasteiger partial charge in [0.15, 0.2) is 0 Å². The molecule has 0 radical (unpaired) electrons. The predicted octanol–water partition coefficient (Wildman–Crippen LogP) is 3.98. The third kappa shape index (κ3) is 2.18. The van der Waals surface area contributed by atoms with E-state index in [0.717, 1.165) is 34.4 Å². The monoisotopic (exact) mass is 281 g/mol. The Morgan fingerprint density at radius 2 is 1.90 bits per heavy atom. The van der Waals surface area contributed by atoms with Crippen molar-refractivity contribution in [2.45, 2.75) is 13.3 Å². The fourth-order valence-electron chi connectivity index (χ4n) is 2.89. The summed E-state index contributed by atoms with van der Waals surface area (Å²) in [6.45, 7) is 2.06. The average Bonchev–Trinajstić information content (AvgIpc) is 2.81. The number of allylic oxidation sites excluding steroid dienone is 1. The van der Waals surface area contributed by atoms with E-state index in [1.807, 2.05) is 30.3 Å². The molecule has 0 fully saturated rings. The van der Waals surface area contributed by atoms with Crippen molar-refractivity contribution in [1.82, 2.24) is 0 Å². The number of non-ortho nitro benzene ring substituents is 1.